The van der Waals surface area contributed by atoms with E-state index in [0.29, 0.717) is 12.3 Å². The molecule has 0 atom stereocenters. The summed E-state index contributed by atoms with van der Waals surface area (Å²) in [5, 5.41) is 6.26. The second-order valence-corrected chi connectivity index (χ2v) is 6.26. The van der Waals surface area contributed by atoms with E-state index >= 15 is 0 Å². The highest BCUT2D eigenvalue weighted by atomic mass is 16.1. The summed E-state index contributed by atoms with van der Waals surface area (Å²) in [5.41, 5.74) is 2.36. The van der Waals surface area contributed by atoms with Crippen molar-refractivity contribution in [1.82, 2.24) is 10.6 Å². The van der Waals surface area contributed by atoms with Gasteiger partial charge in [-0.25, -0.2) is 0 Å². The lowest BCUT2D eigenvalue weighted by Gasteiger charge is -2.29. The molecule has 3 nitrogen and oxygen atoms in total. The number of hydrogen-bond acceptors (Lipinski definition) is 2. The fourth-order valence-electron chi connectivity index (χ4n) is 2.32. The number of carbonyl (C=O) groups is 1. The number of benzene rings is 1. The Bertz CT molecular complexity index is 433. The Balaban J connectivity index is 1.88. The molecule has 1 saturated heterocycles. The van der Waals surface area contributed by atoms with Gasteiger partial charge in [0.15, 0.2) is 0 Å². The van der Waals surface area contributed by atoms with Crippen molar-refractivity contribution in [2.24, 2.45) is 5.92 Å². The summed E-state index contributed by atoms with van der Waals surface area (Å²) in [6.45, 7) is 9.19. The van der Waals surface area contributed by atoms with E-state index in [0.717, 1.165) is 19.6 Å². The lowest BCUT2D eigenvalue weighted by Crippen LogP contribution is -2.48. The van der Waals surface area contributed by atoms with Gasteiger partial charge in [0.2, 0.25) is 5.91 Å². The van der Waals surface area contributed by atoms with E-state index < -0.39 is 0 Å². The molecule has 1 heterocycles. The first-order valence-electron chi connectivity index (χ1n) is 7.02. The second kappa shape index (κ2) is 5.74. The summed E-state index contributed by atoms with van der Waals surface area (Å²) < 4.78 is 0. The molecule has 0 radical (unpaired) electrons. The molecule has 0 saturated carbocycles. The van der Waals surface area contributed by atoms with Crippen LogP contribution in [-0.4, -0.2) is 25.5 Å². The van der Waals surface area contributed by atoms with E-state index in [4.69, 9.17) is 0 Å². The molecule has 0 aliphatic carbocycles. The van der Waals surface area contributed by atoms with Crippen LogP contribution in [0.5, 0.6) is 0 Å². The molecule has 0 spiro atoms. The lowest BCUT2D eigenvalue weighted by molar-refractivity contribution is -0.122. The molecule has 1 aliphatic rings. The monoisotopic (exact) mass is 260 g/mol. The SMILES string of the molecule is Cc1ccc(C(C)(C)CC(=O)NCC2CNC2)cc1. The molecule has 1 aromatic rings. The Morgan fingerprint density at radius 1 is 1.32 bits per heavy atom. The molecule has 2 rings (SSSR count). The standard InChI is InChI=1S/C16H24N2O/c1-12-4-6-14(7-5-12)16(2,3)8-15(19)18-11-13-9-17-10-13/h4-7,13,17H,8-11H2,1-3H3,(H,18,19). The van der Waals surface area contributed by atoms with Crippen LogP contribution in [0.3, 0.4) is 0 Å². The zero-order valence-electron chi connectivity index (χ0n) is 12.1. The number of aryl methyl sites for hydroxylation is 1. The highest BCUT2D eigenvalue weighted by molar-refractivity contribution is 5.77. The number of nitrogens with one attached hydrogen (secondary N) is 2. The minimum absolute atomic E-state index is 0.115. The Morgan fingerprint density at radius 3 is 2.47 bits per heavy atom. The van der Waals surface area contributed by atoms with Gasteiger partial charge in [-0.05, 0) is 17.9 Å². The van der Waals surface area contributed by atoms with Crippen molar-refractivity contribution < 1.29 is 4.79 Å². The molecule has 104 valence electrons. The van der Waals surface area contributed by atoms with Crippen molar-refractivity contribution in [2.45, 2.75) is 32.6 Å². The number of carbonyl (C=O) groups excluding carboxylic acids is 1. The van der Waals surface area contributed by atoms with Gasteiger partial charge in [0.1, 0.15) is 0 Å². The molecule has 1 aromatic carbocycles. The first kappa shape index (κ1) is 14.1. The van der Waals surface area contributed by atoms with Gasteiger partial charge in [0, 0.05) is 32.0 Å². The van der Waals surface area contributed by atoms with Crippen LogP contribution in [0.4, 0.5) is 0 Å². The smallest absolute Gasteiger partial charge is 0.220 e. The molecule has 0 unspecified atom stereocenters. The molecule has 1 aliphatic heterocycles. The third-order valence-corrected chi connectivity index (χ3v) is 3.89. The zero-order valence-corrected chi connectivity index (χ0v) is 12.1. The lowest BCUT2D eigenvalue weighted by atomic mass is 9.81. The maximum absolute atomic E-state index is 12.0. The number of hydrogen-bond donors (Lipinski definition) is 2. The highest BCUT2D eigenvalue weighted by Gasteiger charge is 2.25. The van der Waals surface area contributed by atoms with E-state index in [1.165, 1.54) is 11.1 Å². The number of rotatable bonds is 5. The molecular weight excluding hydrogens is 236 g/mol. The average molecular weight is 260 g/mol. The van der Waals surface area contributed by atoms with Gasteiger partial charge in [0.25, 0.3) is 0 Å². The van der Waals surface area contributed by atoms with Crippen molar-refractivity contribution in [3.8, 4) is 0 Å². The molecule has 3 heteroatoms. The molecule has 19 heavy (non-hydrogen) atoms. The summed E-state index contributed by atoms with van der Waals surface area (Å²) in [6, 6.07) is 8.46. The van der Waals surface area contributed by atoms with Crippen LogP contribution in [0.1, 0.15) is 31.4 Å². The van der Waals surface area contributed by atoms with Crippen molar-refractivity contribution >= 4 is 5.91 Å². The molecule has 0 aromatic heterocycles. The van der Waals surface area contributed by atoms with E-state index in [2.05, 4.69) is 55.7 Å². The summed E-state index contributed by atoms with van der Waals surface area (Å²) in [4.78, 5) is 12.0. The van der Waals surface area contributed by atoms with E-state index in [-0.39, 0.29) is 11.3 Å². The molecular formula is C16H24N2O. The van der Waals surface area contributed by atoms with E-state index in [1.54, 1.807) is 0 Å². The summed E-state index contributed by atoms with van der Waals surface area (Å²) in [5.74, 6) is 0.768. The summed E-state index contributed by atoms with van der Waals surface area (Å²) >= 11 is 0. The second-order valence-electron chi connectivity index (χ2n) is 6.26. The van der Waals surface area contributed by atoms with Gasteiger partial charge >= 0.3 is 0 Å². The molecule has 2 N–H and O–H groups in total. The minimum Gasteiger partial charge on any atom is -0.356 e. The Kier molecular flexibility index (Phi) is 4.25. The Hall–Kier alpha value is -1.35. The Labute approximate surface area is 115 Å². The molecule has 0 bridgehead atoms. The van der Waals surface area contributed by atoms with Crippen LogP contribution < -0.4 is 10.6 Å². The van der Waals surface area contributed by atoms with Crippen molar-refractivity contribution in [3.05, 3.63) is 35.4 Å². The third kappa shape index (κ3) is 3.80. The van der Waals surface area contributed by atoms with Gasteiger partial charge in [-0.15, -0.1) is 0 Å². The topological polar surface area (TPSA) is 41.1 Å². The van der Waals surface area contributed by atoms with Gasteiger partial charge in [-0.1, -0.05) is 43.7 Å². The molecule has 1 fully saturated rings. The maximum atomic E-state index is 12.0. The largest absolute Gasteiger partial charge is 0.356 e. The van der Waals surface area contributed by atoms with Gasteiger partial charge in [-0.3, -0.25) is 4.79 Å². The quantitative estimate of drug-likeness (QED) is 0.850. The van der Waals surface area contributed by atoms with E-state index in [1.807, 2.05) is 0 Å². The van der Waals surface area contributed by atoms with Crippen LogP contribution in [0.15, 0.2) is 24.3 Å². The number of amides is 1. The Morgan fingerprint density at radius 2 is 1.95 bits per heavy atom. The van der Waals surface area contributed by atoms with Crippen molar-refractivity contribution in [3.63, 3.8) is 0 Å². The average Bonchev–Trinajstić information content (AvgIpc) is 2.26. The van der Waals surface area contributed by atoms with Crippen molar-refractivity contribution in [1.29, 1.82) is 0 Å². The normalized spacial score (nSPS) is 15.9. The minimum atomic E-state index is -0.115. The van der Waals surface area contributed by atoms with Crippen LogP contribution in [0.2, 0.25) is 0 Å². The summed E-state index contributed by atoms with van der Waals surface area (Å²) in [7, 11) is 0. The van der Waals surface area contributed by atoms with Crippen LogP contribution in [-0.2, 0) is 10.2 Å². The molecule has 1 amide bonds. The zero-order chi connectivity index (χ0) is 13.9. The maximum Gasteiger partial charge on any atom is 0.220 e. The van der Waals surface area contributed by atoms with E-state index in [9.17, 15) is 4.79 Å². The predicted octanol–water partition coefficient (Wildman–Crippen LogP) is 2.00. The fraction of sp³-hybridized carbons (Fsp3) is 0.562. The third-order valence-electron chi connectivity index (χ3n) is 3.89. The summed E-state index contributed by atoms with van der Waals surface area (Å²) in [6.07, 6.45) is 0.538. The predicted molar refractivity (Wildman–Crippen MR) is 78.2 cm³/mol. The fourth-order valence-corrected chi connectivity index (χ4v) is 2.32. The van der Waals surface area contributed by atoms with Gasteiger partial charge in [-0.2, -0.15) is 0 Å². The van der Waals surface area contributed by atoms with Crippen LogP contribution in [0, 0.1) is 12.8 Å². The van der Waals surface area contributed by atoms with Crippen molar-refractivity contribution in [2.75, 3.05) is 19.6 Å². The van der Waals surface area contributed by atoms with Gasteiger partial charge < -0.3 is 10.6 Å². The van der Waals surface area contributed by atoms with Gasteiger partial charge in [0.05, 0.1) is 0 Å². The first-order valence-corrected chi connectivity index (χ1v) is 7.02. The highest BCUT2D eigenvalue weighted by Crippen LogP contribution is 2.27. The first-order chi connectivity index (χ1) is 8.97. The van der Waals surface area contributed by atoms with Crippen LogP contribution >= 0.6 is 0 Å². The van der Waals surface area contributed by atoms with Crippen LogP contribution in [0.25, 0.3) is 0 Å².